The Hall–Kier alpha value is -0.660. The maximum absolute atomic E-state index is 12.3. The average Bonchev–Trinajstić information content (AvgIpc) is 2.83. The van der Waals surface area contributed by atoms with Gasteiger partial charge in [0.25, 0.3) is 0 Å². The highest BCUT2D eigenvalue weighted by atomic mass is 32.2. The van der Waals surface area contributed by atoms with E-state index in [-0.39, 0.29) is 30.0 Å². The summed E-state index contributed by atoms with van der Waals surface area (Å²) in [6.45, 7) is 5.66. The van der Waals surface area contributed by atoms with E-state index in [4.69, 9.17) is 0 Å². The number of sulfone groups is 1. The van der Waals surface area contributed by atoms with Crippen LogP contribution in [0.1, 0.15) is 26.7 Å². The second-order valence-electron chi connectivity index (χ2n) is 6.19. The molecule has 6 nitrogen and oxygen atoms in total. The Morgan fingerprint density at radius 1 is 1.50 bits per heavy atom. The Morgan fingerprint density at radius 2 is 2.20 bits per heavy atom. The van der Waals surface area contributed by atoms with E-state index in [0.717, 1.165) is 0 Å². The molecule has 0 saturated carbocycles. The van der Waals surface area contributed by atoms with Crippen LogP contribution in [0.2, 0.25) is 0 Å². The second kappa shape index (κ2) is 5.61. The fourth-order valence-electron chi connectivity index (χ4n) is 3.12. The van der Waals surface area contributed by atoms with Gasteiger partial charge in [0.2, 0.25) is 5.91 Å². The number of amides is 1. The van der Waals surface area contributed by atoms with E-state index >= 15 is 0 Å². The smallest absolute Gasteiger partial charge is 0.237 e. The van der Waals surface area contributed by atoms with Gasteiger partial charge < -0.3 is 10.0 Å². The Balaban J connectivity index is 1.93. The molecule has 0 aromatic rings. The number of rotatable bonds is 4. The van der Waals surface area contributed by atoms with E-state index in [1.54, 1.807) is 11.8 Å². The lowest BCUT2D eigenvalue weighted by atomic mass is 10.1. The quantitative estimate of drug-likeness (QED) is 0.756. The van der Waals surface area contributed by atoms with E-state index in [1.165, 1.54) is 0 Å². The minimum Gasteiger partial charge on any atom is -0.389 e. The number of nitrogens with zero attached hydrogens (tertiary/aromatic N) is 2. The Bertz CT molecular complexity index is 475. The van der Waals surface area contributed by atoms with Gasteiger partial charge in [-0.2, -0.15) is 0 Å². The van der Waals surface area contributed by atoms with Gasteiger partial charge in [0.1, 0.15) is 0 Å². The minimum atomic E-state index is -2.98. The molecule has 0 bridgehead atoms. The van der Waals surface area contributed by atoms with Gasteiger partial charge in [0.05, 0.1) is 23.7 Å². The van der Waals surface area contributed by atoms with E-state index in [9.17, 15) is 18.3 Å². The Kier molecular flexibility index (Phi) is 4.41. The van der Waals surface area contributed by atoms with Crippen molar-refractivity contribution in [2.24, 2.45) is 0 Å². The molecule has 0 radical (unpaired) electrons. The van der Waals surface area contributed by atoms with Crippen LogP contribution in [0.25, 0.3) is 0 Å². The number of likely N-dealkylation sites (tertiary alicyclic amines) is 1. The third-order valence-electron chi connectivity index (χ3n) is 4.20. The lowest BCUT2D eigenvalue weighted by Crippen LogP contribution is -2.46. The van der Waals surface area contributed by atoms with Crippen molar-refractivity contribution in [2.45, 2.75) is 38.3 Å². The Morgan fingerprint density at radius 3 is 2.65 bits per heavy atom. The zero-order valence-electron chi connectivity index (χ0n) is 12.2. The number of aliphatic hydroxyl groups is 1. The summed E-state index contributed by atoms with van der Waals surface area (Å²) in [5, 5.41) is 9.91. The molecule has 0 aliphatic carbocycles. The highest BCUT2D eigenvalue weighted by Gasteiger charge is 2.36. The molecule has 2 heterocycles. The van der Waals surface area contributed by atoms with Crippen LogP contribution in [0.15, 0.2) is 0 Å². The monoisotopic (exact) mass is 304 g/mol. The lowest BCUT2D eigenvalue weighted by molar-refractivity contribution is -0.134. The maximum atomic E-state index is 12.3. The number of likely N-dealkylation sites (N-methyl/N-ethyl adjacent to an activating group) is 1. The molecule has 116 valence electrons. The number of β-amino-alcohol motifs (C(OH)–C–C–N with tert-alkyl or cyclic N) is 1. The zero-order valence-corrected chi connectivity index (χ0v) is 13.0. The first kappa shape index (κ1) is 15.7. The van der Waals surface area contributed by atoms with E-state index in [0.29, 0.717) is 32.5 Å². The van der Waals surface area contributed by atoms with Gasteiger partial charge in [-0.15, -0.1) is 0 Å². The molecule has 2 fully saturated rings. The van der Waals surface area contributed by atoms with Crippen LogP contribution in [-0.2, 0) is 14.6 Å². The van der Waals surface area contributed by atoms with Gasteiger partial charge >= 0.3 is 0 Å². The minimum absolute atomic E-state index is 0.0349. The van der Waals surface area contributed by atoms with Crippen molar-refractivity contribution in [2.75, 3.05) is 37.7 Å². The molecular formula is C13H24N2O4S. The van der Waals surface area contributed by atoms with Gasteiger partial charge in [-0.1, -0.05) is 0 Å². The van der Waals surface area contributed by atoms with Crippen molar-refractivity contribution in [3.05, 3.63) is 0 Å². The van der Waals surface area contributed by atoms with Crippen molar-refractivity contribution >= 4 is 15.7 Å². The van der Waals surface area contributed by atoms with Crippen LogP contribution in [0.3, 0.4) is 0 Å². The Labute approximate surface area is 120 Å². The summed E-state index contributed by atoms with van der Waals surface area (Å²) >= 11 is 0. The zero-order chi connectivity index (χ0) is 15.0. The van der Waals surface area contributed by atoms with Gasteiger partial charge in [-0.25, -0.2) is 8.42 Å². The summed E-state index contributed by atoms with van der Waals surface area (Å²) in [4.78, 5) is 16.0. The van der Waals surface area contributed by atoms with Crippen LogP contribution in [0.4, 0.5) is 0 Å². The predicted octanol–water partition coefficient (Wildman–Crippen LogP) is -0.521. The van der Waals surface area contributed by atoms with Crippen LogP contribution >= 0.6 is 0 Å². The number of carbonyl (C=O) groups is 1. The molecular weight excluding hydrogens is 280 g/mol. The van der Waals surface area contributed by atoms with E-state index in [1.807, 2.05) is 11.8 Å². The van der Waals surface area contributed by atoms with E-state index < -0.39 is 15.4 Å². The molecule has 2 atom stereocenters. The molecule has 2 saturated heterocycles. The van der Waals surface area contributed by atoms with Crippen LogP contribution in [-0.4, -0.2) is 78.6 Å². The van der Waals surface area contributed by atoms with Crippen molar-refractivity contribution in [3.8, 4) is 0 Å². The van der Waals surface area contributed by atoms with Gasteiger partial charge in [-0.05, 0) is 26.7 Å². The standard InChI is InChI=1S/C13H24N2O4S/c1-3-15(11-4-7-20(18,19)9-11)12(16)8-14-6-5-13(2,17)10-14/h11,17H,3-10H2,1-2H3. The van der Waals surface area contributed by atoms with Crippen LogP contribution in [0, 0.1) is 0 Å². The molecule has 2 aliphatic rings. The summed E-state index contributed by atoms with van der Waals surface area (Å²) in [5.74, 6) is 0.233. The van der Waals surface area contributed by atoms with Crippen molar-refractivity contribution in [1.82, 2.24) is 9.80 Å². The third kappa shape index (κ3) is 3.71. The fourth-order valence-corrected chi connectivity index (χ4v) is 4.85. The van der Waals surface area contributed by atoms with E-state index in [2.05, 4.69) is 0 Å². The average molecular weight is 304 g/mol. The van der Waals surface area contributed by atoms with Gasteiger partial charge in [0, 0.05) is 25.7 Å². The predicted molar refractivity (Wildman–Crippen MR) is 76.1 cm³/mol. The first-order chi connectivity index (χ1) is 9.22. The fraction of sp³-hybridized carbons (Fsp3) is 0.923. The molecule has 1 amide bonds. The van der Waals surface area contributed by atoms with Gasteiger partial charge in [0.15, 0.2) is 9.84 Å². The first-order valence-electron chi connectivity index (χ1n) is 7.17. The highest BCUT2D eigenvalue weighted by Crippen LogP contribution is 2.21. The lowest BCUT2D eigenvalue weighted by Gasteiger charge is -2.29. The number of carbonyl (C=O) groups excluding carboxylic acids is 1. The largest absolute Gasteiger partial charge is 0.389 e. The van der Waals surface area contributed by atoms with Crippen LogP contribution < -0.4 is 0 Å². The first-order valence-corrected chi connectivity index (χ1v) is 8.99. The molecule has 2 unspecified atom stereocenters. The molecule has 2 rings (SSSR count). The summed E-state index contributed by atoms with van der Waals surface area (Å²) in [6.07, 6.45) is 1.21. The summed E-state index contributed by atoms with van der Waals surface area (Å²) < 4.78 is 23.1. The summed E-state index contributed by atoms with van der Waals surface area (Å²) in [6, 6.07) is -0.180. The molecule has 20 heavy (non-hydrogen) atoms. The summed E-state index contributed by atoms with van der Waals surface area (Å²) in [5.41, 5.74) is -0.714. The molecule has 1 N–H and O–H groups in total. The topological polar surface area (TPSA) is 77.9 Å². The molecule has 0 aromatic heterocycles. The number of hydrogen-bond acceptors (Lipinski definition) is 5. The SMILES string of the molecule is CCN(C(=O)CN1CCC(C)(O)C1)C1CCS(=O)(=O)C1. The van der Waals surface area contributed by atoms with Crippen molar-refractivity contribution in [1.29, 1.82) is 0 Å². The van der Waals surface area contributed by atoms with Gasteiger partial charge in [-0.3, -0.25) is 9.69 Å². The normalized spacial score (nSPS) is 33.5. The molecule has 7 heteroatoms. The van der Waals surface area contributed by atoms with Crippen molar-refractivity contribution < 1.29 is 18.3 Å². The number of hydrogen-bond donors (Lipinski definition) is 1. The molecule has 2 aliphatic heterocycles. The third-order valence-corrected chi connectivity index (χ3v) is 5.95. The summed E-state index contributed by atoms with van der Waals surface area (Å²) in [7, 11) is -2.98. The van der Waals surface area contributed by atoms with Crippen LogP contribution in [0.5, 0.6) is 0 Å². The molecule has 0 aromatic carbocycles. The molecule has 0 spiro atoms. The highest BCUT2D eigenvalue weighted by molar-refractivity contribution is 7.91. The van der Waals surface area contributed by atoms with Crippen molar-refractivity contribution in [3.63, 3.8) is 0 Å². The maximum Gasteiger partial charge on any atom is 0.237 e. The second-order valence-corrected chi connectivity index (χ2v) is 8.42.